The molecule has 4 nitrogen and oxygen atoms in total. The number of likely N-dealkylation sites (N-methyl/N-ethyl adjacent to an activating group) is 1. The highest BCUT2D eigenvalue weighted by Gasteiger charge is 2.11. The Bertz CT molecular complexity index is 393. The molecule has 0 atom stereocenters. The third-order valence-corrected chi connectivity index (χ3v) is 2.92. The van der Waals surface area contributed by atoms with Crippen LogP contribution in [0.1, 0.15) is 5.56 Å². The summed E-state index contributed by atoms with van der Waals surface area (Å²) < 4.78 is 11.1. The summed E-state index contributed by atoms with van der Waals surface area (Å²) in [5.74, 6) is 1.20. The number of hydrogen-bond donors (Lipinski definition) is 1. The first kappa shape index (κ1) is 12.8. The number of carbonyl (C=O) groups excluding carboxylic acids is 1. The molecule has 0 radical (unpaired) electrons. The van der Waals surface area contributed by atoms with Gasteiger partial charge in [0.2, 0.25) is 5.91 Å². The first-order chi connectivity index (χ1) is 7.62. The number of halogens is 1. The van der Waals surface area contributed by atoms with Gasteiger partial charge in [-0.2, -0.15) is 0 Å². The van der Waals surface area contributed by atoms with E-state index in [2.05, 4.69) is 21.2 Å². The molecule has 1 amide bonds. The van der Waals surface area contributed by atoms with Crippen LogP contribution in [0.15, 0.2) is 16.6 Å². The van der Waals surface area contributed by atoms with Crippen LogP contribution in [-0.4, -0.2) is 27.2 Å². The molecule has 0 fully saturated rings. The lowest BCUT2D eigenvalue weighted by atomic mass is 10.1. The summed E-state index contributed by atoms with van der Waals surface area (Å²) in [6.07, 6.45) is 0.303. The molecule has 0 bridgehead atoms. The van der Waals surface area contributed by atoms with Crippen LogP contribution in [0, 0.1) is 0 Å². The van der Waals surface area contributed by atoms with Gasteiger partial charge in [0.15, 0.2) is 11.5 Å². The Morgan fingerprint density at radius 3 is 2.38 bits per heavy atom. The van der Waals surface area contributed by atoms with Gasteiger partial charge in [0.1, 0.15) is 0 Å². The van der Waals surface area contributed by atoms with E-state index in [9.17, 15) is 4.79 Å². The maximum atomic E-state index is 11.3. The number of methoxy groups -OCH3 is 2. The highest BCUT2D eigenvalue weighted by molar-refractivity contribution is 9.10. The molecule has 0 heterocycles. The lowest BCUT2D eigenvalue weighted by molar-refractivity contribution is -0.119. The summed E-state index contributed by atoms with van der Waals surface area (Å²) in [5, 5.41) is 2.57. The van der Waals surface area contributed by atoms with Crippen molar-refractivity contribution < 1.29 is 14.3 Å². The van der Waals surface area contributed by atoms with Gasteiger partial charge < -0.3 is 14.8 Å². The third kappa shape index (κ3) is 2.88. The largest absolute Gasteiger partial charge is 0.493 e. The summed E-state index contributed by atoms with van der Waals surface area (Å²) in [4.78, 5) is 11.3. The van der Waals surface area contributed by atoms with E-state index in [-0.39, 0.29) is 5.91 Å². The highest BCUT2D eigenvalue weighted by atomic mass is 79.9. The number of ether oxygens (including phenoxy) is 2. The molecule has 1 aromatic carbocycles. The number of nitrogens with one attached hydrogen (secondary N) is 1. The molecule has 1 aromatic rings. The van der Waals surface area contributed by atoms with E-state index in [1.54, 1.807) is 33.4 Å². The maximum absolute atomic E-state index is 11.3. The molecule has 0 saturated carbocycles. The Hall–Kier alpha value is -1.23. The lowest BCUT2D eigenvalue weighted by Gasteiger charge is -2.11. The summed E-state index contributed by atoms with van der Waals surface area (Å²) in [7, 11) is 4.75. The zero-order valence-corrected chi connectivity index (χ0v) is 11.1. The minimum Gasteiger partial charge on any atom is -0.493 e. The van der Waals surface area contributed by atoms with Crippen molar-refractivity contribution in [2.45, 2.75) is 6.42 Å². The second-order valence-electron chi connectivity index (χ2n) is 3.15. The zero-order valence-electron chi connectivity index (χ0n) is 9.46. The SMILES string of the molecule is CNC(=O)Cc1cc(OC)c(OC)cc1Br. The van der Waals surface area contributed by atoms with Crippen molar-refractivity contribution in [3.63, 3.8) is 0 Å². The van der Waals surface area contributed by atoms with Gasteiger partial charge in [-0.15, -0.1) is 0 Å². The fraction of sp³-hybridized carbons (Fsp3) is 0.364. The normalized spacial score (nSPS) is 9.75. The van der Waals surface area contributed by atoms with E-state index in [0.717, 1.165) is 10.0 Å². The second-order valence-corrected chi connectivity index (χ2v) is 4.00. The quantitative estimate of drug-likeness (QED) is 0.918. The van der Waals surface area contributed by atoms with Crippen molar-refractivity contribution in [2.24, 2.45) is 0 Å². The number of hydrogen-bond acceptors (Lipinski definition) is 3. The molecular formula is C11H14BrNO3. The monoisotopic (exact) mass is 287 g/mol. The first-order valence-corrected chi connectivity index (χ1v) is 5.52. The molecule has 0 spiro atoms. The fourth-order valence-corrected chi connectivity index (χ4v) is 1.76. The van der Waals surface area contributed by atoms with Crippen LogP contribution >= 0.6 is 15.9 Å². The molecule has 88 valence electrons. The molecule has 0 aliphatic carbocycles. The number of benzene rings is 1. The molecule has 0 aliphatic rings. The van der Waals surface area contributed by atoms with Gasteiger partial charge in [0.05, 0.1) is 20.6 Å². The maximum Gasteiger partial charge on any atom is 0.224 e. The molecule has 5 heteroatoms. The first-order valence-electron chi connectivity index (χ1n) is 4.73. The molecule has 1 N–H and O–H groups in total. The van der Waals surface area contributed by atoms with Gasteiger partial charge in [-0.1, -0.05) is 15.9 Å². The van der Waals surface area contributed by atoms with Crippen molar-refractivity contribution in [3.8, 4) is 11.5 Å². The molecule has 0 unspecified atom stereocenters. The van der Waals surface area contributed by atoms with Crippen LogP contribution in [0.25, 0.3) is 0 Å². The second kappa shape index (κ2) is 5.75. The summed E-state index contributed by atoms with van der Waals surface area (Å²) >= 11 is 3.39. The van der Waals surface area contributed by atoms with Crippen LogP contribution in [0.5, 0.6) is 11.5 Å². The minimum atomic E-state index is -0.0482. The molecular weight excluding hydrogens is 274 g/mol. The van der Waals surface area contributed by atoms with Crippen molar-refractivity contribution in [1.82, 2.24) is 5.32 Å². The Kier molecular flexibility index (Phi) is 4.61. The topological polar surface area (TPSA) is 47.6 Å². The minimum absolute atomic E-state index is 0.0482. The van der Waals surface area contributed by atoms with E-state index >= 15 is 0 Å². The van der Waals surface area contributed by atoms with Crippen LogP contribution in [0.3, 0.4) is 0 Å². The van der Waals surface area contributed by atoms with Gasteiger partial charge in [-0.3, -0.25) is 4.79 Å². The van der Waals surface area contributed by atoms with Gasteiger partial charge in [0, 0.05) is 11.5 Å². The Balaban J connectivity index is 3.06. The summed E-state index contributed by atoms with van der Waals surface area (Å²) in [6.45, 7) is 0. The van der Waals surface area contributed by atoms with Crippen molar-refractivity contribution >= 4 is 21.8 Å². The Morgan fingerprint density at radius 1 is 1.31 bits per heavy atom. The average molecular weight is 288 g/mol. The smallest absolute Gasteiger partial charge is 0.224 e. The van der Waals surface area contributed by atoms with E-state index in [0.29, 0.717) is 17.9 Å². The Labute approximate surface area is 103 Å². The summed E-state index contributed by atoms with van der Waals surface area (Å²) in [6, 6.07) is 3.58. The van der Waals surface area contributed by atoms with Crippen molar-refractivity contribution in [3.05, 3.63) is 22.2 Å². The van der Waals surface area contributed by atoms with Gasteiger partial charge in [0.25, 0.3) is 0 Å². The van der Waals surface area contributed by atoms with Gasteiger partial charge in [-0.05, 0) is 17.7 Å². The average Bonchev–Trinajstić information content (AvgIpc) is 2.30. The fourth-order valence-electron chi connectivity index (χ4n) is 1.29. The van der Waals surface area contributed by atoms with Crippen molar-refractivity contribution in [1.29, 1.82) is 0 Å². The predicted molar refractivity (Wildman–Crippen MR) is 65.0 cm³/mol. The van der Waals surface area contributed by atoms with E-state index in [4.69, 9.17) is 9.47 Å². The highest BCUT2D eigenvalue weighted by Crippen LogP contribution is 2.33. The number of rotatable bonds is 4. The van der Waals surface area contributed by atoms with Crippen LogP contribution in [0.2, 0.25) is 0 Å². The molecule has 16 heavy (non-hydrogen) atoms. The predicted octanol–water partition coefficient (Wildman–Crippen LogP) is 1.75. The molecule has 0 aliphatic heterocycles. The van der Waals surface area contributed by atoms with Gasteiger partial charge in [-0.25, -0.2) is 0 Å². The van der Waals surface area contributed by atoms with Crippen molar-refractivity contribution in [2.75, 3.05) is 21.3 Å². The van der Waals surface area contributed by atoms with Crippen LogP contribution < -0.4 is 14.8 Å². The van der Waals surface area contributed by atoms with Crippen LogP contribution in [0.4, 0.5) is 0 Å². The zero-order chi connectivity index (χ0) is 12.1. The van der Waals surface area contributed by atoms with E-state index in [1.165, 1.54) is 0 Å². The van der Waals surface area contributed by atoms with Gasteiger partial charge >= 0.3 is 0 Å². The number of amides is 1. The standard InChI is InChI=1S/C11H14BrNO3/c1-13-11(14)5-7-4-9(15-2)10(16-3)6-8(7)12/h4,6H,5H2,1-3H3,(H,13,14). The lowest BCUT2D eigenvalue weighted by Crippen LogP contribution is -2.20. The molecule has 1 rings (SSSR count). The van der Waals surface area contributed by atoms with Crippen LogP contribution in [-0.2, 0) is 11.2 Å². The number of carbonyl (C=O) groups is 1. The molecule has 0 saturated heterocycles. The summed E-state index contributed by atoms with van der Waals surface area (Å²) in [5.41, 5.74) is 0.858. The van der Waals surface area contributed by atoms with E-state index in [1.807, 2.05) is 0 Å². The third-order valence-electron chi connectivity index (χ3n) is 2.18. The van der Waals surface area contributed by atoms with E-state index < -0.39 is 0 Å². The molecule has 0 aromatic heterocycles. The Morgan fingerprint density at radius 2 is 1.88 bits per heavy atom.